The van der Waals surface area contributed by atoms with E-state index < -0.39 is 65.0 Å². The zero-order valence-corrected chi connectivity index (χ0v) is 90.2. The highest BCUT2D eigenvalue weighted by Crippen LogP contribution is 2.45. The summed E-state index contributed by atoms with van der Waals surface area (Å²) < 4.78 is 26.8. The summed E-state index contributed by atoms with van der Waals surface area (Å²) in [7, 11) is 0. The van der Waals surface area contributed by atoms with E-state index in [2.05, 4.69) is 123 Å². The molecule has 14 heterocycles. The number of benzene rings is 2. The number of likely N-dealkylation sites (tertiary alicyclic amines) is 4. The molecule has 6 aliphatic heterocycles. The number of nitrogens with one attached hydrogen (secondary N) is 5. The van der Waals surface area contributed by atoms with E-state index in [4.69, 9.17) is 39.8 Å². The van der Waals surface area contributed by atoms with Crippen LogP contribution in [0, 0.1) is 49.4 Å². The van der Waals surface area contributed by atoms with Crippen LogP contribution in [0.4, 0.5) is 35.2 Å². The van der Waals surface area contributed by atoms with E-state index in [9.17, 15) is 39.0 Å². The van der Waals surface area contributed by atoms with Crippen molar-refractivity contribution >= 4 is 115 Å². The van der Waals surface area contributed by atoms with Crippen LogP contribution in [0.2, 0.25) is 0 Å². The highest BCUT2D eigenvalue weighted by atomic mass is 32.1. The lowest BCUT2D eigenvalue weighted by atomic mass is 9.71. The number of carboxylic acids is 1. The van der Waals surface area contributed by atoms with Crippen molar-refractivity contribution < 1.29 is 63.0 Å². The standard InChI is InChI=1S/C54H76N12O6S.C31H46N8O4.C23H32N4O3S.CH4/c1-35(2)66-38(5)59-42-31-56-46(30-43(42)66)60-45-15-20-55-52(61-45)64-24-18-54(19-25-64)16-22-63(23-17-54)21-9-26-71-27-10-28-72-33-47(68)62-49(53(6,7)8)51(70)65-32-41(67)29-44(65)50(69)58-36(3)39-11-13-40(14-12-39)48-37(4)57-34-73-48;1-23(2)39-24(3)34-25-21-33-28(20-26(25)39)35-27-6-11-32-30(36-27)38-15-9-31(10-16-38)7-13-37(14-8-31)12-4-17-42-18-5-19-43-22-29(40)41;1-13(15-6-8-16(9-7-15)19-14(2)25-12-31-19)26-21(29)18-10-17(28)11-27(18)22(30)20(24)23(3,4)5;/h11-15,20,30-31,34-36,41,44,49,67H,9-10,16-19,21-29,32-33H2,1-8H3,(H,58,69)(H,62,68)(H,55,56,60,61);6,11,20-21,23H,4-5,7-10,12-19,22H2,1-3H3,(H,40,41)(H,32,33,35,36);6-9,12-13,17-18,20,28H,10-11,24H2,1-5H3,(H,26,29);1H4/t36-,41+,44-,49+;;13-,17+,18-,20+;/m0.0./s1. The summed E-state index contributed by atoms with van der Waals surface area (Å²) in [6.45, 7) is 45.1. The molecule has 2 spiro atoms. The van der Waals surface area contributed by atoms with E-state index in [1.54, 1.807) is 22.7 Å². The van der Waals surface area contributed by atoms with Crippen LogP contribution in [0.1, 0.15) is 239 Å². The number of aliphatic hydroxyl groups is 2. The Bertz CT molecular complexity index is 6010. The Hall–Kier alpha value is -11.2. The predicted octanol–water partition coefficient (Wildman–Crippen LogP) is 14.9. The number of aryl methyl sites for hydroxylation is 4. The average Bonchev–Trinajstić information content (AvgIpc) is 1.52. The van der Waals surface area contributed by atoms with Gasteiger partial charge in [-0.1, -0.05) is 97.5 Å². The number of nitrogens with two attached hydrogens (primary N) is 1. The number of amides is 5. The number of imidazole rings is 2. The molecule has 6 fully saturated rings. The van der Waals surface area contributed by atoms with Crippen LogP contribution in [-0.4, -0.2) is 297 Å². The van der Waals surface area contributed by atoms with Gasteiger partial charge in [0.2, 0.25) is 41.4 Å². The number of hydrogen-bond acceptors (Lipinski definition) is 31. The summed E-state index contributed by atoms with van der Waals surface area (Å²) in [5.41, 5.74) is 19.4. The third kappa shape index (κ3) is 30.2. The lowest BCUT2D eigenvalue weighted by Crippen LogP contribution is -2.58. The van der Waals surface area contributed by atoms with Crippen LogP contribution in [0.25, 0.3) is 42.9 Å². The van der Waals surface area contributed by atoms with Gasteiger partial charge >= 0.3 is 5.97 Å². The normalized spacial score (nSPS) is 18.9. The number of carboxylic acid groups (broad SMARTS) is 1. The maximum absolute atomic E-state index is 14.1. The number of nitrogens with zero attached hydrogens (tertiary/aromatic N) is 18. The summed E-state index contributed by atoms with van der Waals surface area (Å²) >= 11 is 3.18. The SMILES string of the molecule is C.Cc1nc2cnc(Nc3ccnc(N4CCC5(CCN(CCCOCCCOCC(=O)O)CC5)CC4)n3)cc2n1C(C)C.Cc1ncsc1-c1ccc([C@H](C)NC(=O)[C@@H]2C[C@@H](O)CN2C(=O)[C@@H](N)C(C)(C)C)cc1.Cc1ncsc1-c1ccc([C@H](C)NC(=O)[C@@H]2C[C@@H](O)CN2C(=O)[C@@H](NC(=O)COCCCOCCCN2CCC3(CC2)CCN(c2nccc(Nc4cc5c(cn4)nc(C)n5C(C)C)n2)CC3)C(C)(C)C)cc1. The second-order valence-corrected chi connectivity index (χ2v) is 44.8. The zero-order valence-electron chi connectivity index (χ0n) is 88.6. The smallest absolute Gasteiger partial charge is 0.329 e. The molecule has 148 heavy (non-hydrogen) atoms. The number of aliphatic carboxylic acids is 1. The molecule has 0 aliphatic carbocycles. The molecule has 6 saturated heterocycles. The lowest BCUT2D eigenvalue weighted by Gasteiger charge is -2.47. The molecule has 0 radical (unpaired) electrons. The van der Waals surface area contributed by atoms with Gasteiger partial charge in [0.05, 0.1) is 85.9 Å². The molecule has 37 nitrogen and oxygen atoms in total. The molecule has 10 aromatic rings. The van der Waals surface area contributed by atoms with Gasteiger partial charge in [-0.05, 0) is 229 Å². The molecular weight excluding hydrogens is 1920 g/mol. The lowest BCUT2D eigenvalue weighted by molar-refractivity contribution is -0.144. The quantitative estimate of drug-likeness (QED) is 0.0162. The Labute approximate surface area is 879 Å². The van der Waals surface area contributed by atoms with Gasteiger partial charge < -0.3 is 105 Å². The third-order valence-electron chi connectivity index (χ3n) is 29.4. The number of hydrogen-bond donors (Lipinski definition) is 9. The maximum atomic E-state index is 14.1. The Morgan fingerprint density at radius 3 is 1.24 bits per heavy atom. The Morgan fingerprint density at radius 2 is 0.858 bits per heavy atom. The van der Waals surface area contributed by atoms with Crippen molar-refractivity contribution in [1.82, 2.24) is 94.5 Å². The van der Waals surface area contributed by atoms with E-state index in [0.717, 1.165) is 216 Å². The summed E-state index contributed by atoms with van der Waals surface area (Å²) in [4.78, 5) is 138. The number of pyridine rings is 2. The second kappa shape index (κ2) is 52.0. The zero-order chi connectivity index (χ0) is 105. The number of anilines is 6. The molecule has 0 saturated carbocycles. The highest BCUT2D eigenvalue weighted by molar-refractivity contribution is 7.13. The first kappa shape index (κ1) is 114. The monoisotopic (exact) mass is 2080 g/mol. The first-order valence-electron chi connectivity index (χ1n) is 52.3. The van der Waals surface area contributed by atoms with Gasteiger partial charge in [0.15, 0.2) is 0 Å². The van der Waals surface area contributed by atoms with Gasteiger partial charge in [-0.15, -0.1) is 22.7 Å². The molecule has 804 valence electrons. The van der Waals surface area contributed by atoms with Gasteiger partial charge in [-0.25, -0.2) is 44.7 Å². The summed E-state index contributed by atoms with van der Waals surface area (Å²) in [5, 5.41) is 45.0. The Morgan fingerprint density at radius 1 is 0.473 bits per heavy atom. The number of ether oxygens (including phenoxy) is 4. The van der Waals surface area contributed by atoms with Crippen molar-refractivity contribution in [3.8, 4) is 20.9 Å². The van der Waals surface area contributed by atoms with Gasteiger partial charge in [0, 0.05) is 141 Å². The van der Waals surface area contributed by atoms with Crippen LogP contribution >= 0.6 is 22.7 Å². The van der Waals surface area contributed by atoms with Crippen molar-refractivity contribution in [2.45, 2.75) is 269 Å². The minimum atomic E-state index is -0.934. The topological polar surface area (TPSA) is 444 Å². The number of aromatic nitrogens is 12. The molecule has 39 heteroatoms. The number of fused-ring (bicyclic) bond motifs is 2. The van der Waals surface area contributed by atoms with Gasteiger partial charge in [-0.2, -0.15) is 9.97 Å². The number of thiazole rings is 2. The highest BCUT2D eigenvalue weighted by Gasteiger charge is 2.47. The van der Waals surface area contributed by atoms with E-state index >= 15 is 0 Å². The van der Waals surface area contributed by atoms with Crippen LogP contribution in [0.5, 0.6) is 0 Å². The molecule has 0 bridgehead atoms. The first-order chi connectivity index (χ1) is 70.3. The fourth-order valence-electron chi connectivity index (χ4n) is 20.7. The maximum Gasteiger partial charge on any atom is 0.329 e. The average molecular weight is 2080 g/mol. The van der Waals surface area contributed by atoms with Crippen LogP contribution in [0.3, 0.4) is 0 Å². The number of piperidine rings is 4. The minimum absolute atomic E-state index is 0. The van der Waals surface area contributed by atoms with E-state index in [1.165, 1.54) is 48.3 Å². The van der Waals surface area contributed by atoms with Crippen molar-refractivity contribution in [3.63, 3.8) is 0 Å². The minimum Gasteiger partial charge on any atom is -0.480 e. The van der Waals surface area contributed by atoms with Crippen LogP contribution in [-0.2, 0) is 47.7 Å². The molecule has 5 amide bonds. The summed E-state index contributed by atoms with van der Waals surface area (Å²) in [6.07, 6.45) is 18.8. The molecular formula is C109H158N24O13S2. The summed E-state index contributed by atoms with van der Waals surface area (Å²) in [5.74, 6) is 3.74. The molecule has 8 atom stereocenters. The van der Waals surface area contributed by atoms with Crippen LogP contribution in [0.15, 0.2) is 109 Å². The van der Waals surface area contributed by atoms with E-state index in [-0.39, 0.29) is 76.4 Å². The number of rotatable bonds is 39. The summed E-state index contributed by atoms with van der Waals surface area (Å²) in [6, 6.07) is 20.6. The largest absolute Gasteiger partial charge is 0.480 e. The van der Waals surface area contributed by atoms with E-state index in [0.29, 0.717) is 62.4 Å². The Kier molecular flexibility index (Phi) is 40.0. The molecule has 2 aromatic carbocycles. The van der Waals surface area contributed by atoms with Crippen molar-refractivity contribution in [2.75, 3.05) is 152 Å². The number of β-amino-alcohol motifs (C(OH)–C–C–N with tert-alkyl or cyclic N) is 2. The van der Waals surface area contributed by atoms with E-state index in [1.807, 2.05) is 192 Å². The van der Waals surface area contributed by atoms with Crippen LogP contribution < -0.4 is 42.1 Å². The fraction of sp³-hybridized carbons (Fsp3) is 0.596. The number of carbonyl (C=O) groups excluding carboxylic acids is 5. The van der Waals surface area contributed by atoms with Crippen molar-refractivity contribution in [1.29, 1.82) is 0 Å². The molecule has 0 unspecified atom stereocenters. The molecule has 6 aliphatic rings. The molecule has 8 aromatic heterocycles. The van der Waals surface area contributed by atoms with Crippen molar-refractivity contribution in [3.05, 3.63) is 143 Å². The number of carbonyl (C=O) groups is 6. The predicted molar refractivity (Wildman–Crippen MR) is 580 cm³/mol. The van der Waals surface area contributed by atoms with Gasteiger partial charge in [0.1, 0.15) is 77.3 Å². The molecule has 10 N–H and O–H groups in total. The molecule has 16 rings (SSSR count). The first-order valence-corrected chi connectivity index (χ1v) is 54.0. The Balaban J connectivity index is 0.000000205. The van der Waals surface area contributed by atoms with Crippen molar-refractivity contribution in [2.24, 2.45) is 27.4 Å². The van der Waals surface area contributed by atoms with Gasteiger partial charge in [-0.3, -0.25) is 24.0 Å². The van der Waals surface area contributed by atoms with Gasteiger partial charge in [0.25, 0.3) is 0 Å². The third-order valence-corrected chi connectivity index (χ3v) is 31.4. The fourth-order valence-corrected chi connectivity index (χ4v) is 22.4. The second-order valence-electron chi connectivity index (χ2n) is 43.1. The number of aliphatic hydroxyl groups excluding tert-OH is 2.